The van der Waals surface area contributed by atoms with Crippen LogP contribution in [0.4, 0.5) is 16.2 Å². The Labute approximate surface area is 129 Å². The first kappa shape index (κ1) is 15.9. The molecule has 3 N–H and O–H groups in total. The van der Waals surface area contributed by atoms with Crippen molar-refractivity contribution >= 4 is 23.4 Å². The topological polar surface area (TPSA) is 96.1 Å². The van der Waals surface area contributed by atoms with Crippen molar-refractivity contribution in [3.8, 4) is 5.75 Å². The van der Waals surface area contributed by atoms with Crippen molar-refractivity contribution in [2.24, 2.45) is 0 Å². The lowest BCUT2D eigenvalue weighted by molar-refractivity contribution is -0.121. The van der Waals surface area contributed by atoms with Crippen molar-refractivity contribution in [3.05, 3.63) is 18.2 Å². The molecule has 0 unspecified atom stereocenters. The number of aromatic hydroxyl groups is 1. The summed E-state index contributed by atoms with van der Waals surface area (Å²) in [7, 11) is 0. The molecule has 1 aromatic rings. The van der Waals surface area contributed by atoms with E-state index >= 15 is 0 Å². The predicted octanol–water partition coefficient (Wildman–Crippen LogP) is 1.56. The van der Waals surface area contributed by atoms with Gasteiger partial charge in [0, 0.05) is 24.8 Å². The van der Waals surface area contributed by atoms with E-state index in [2.05, 4.69) is 0 Å². The minimum atomic E-state index is -0.597. The van der Waals surface area contributed by atoms with Crippen LogP contribution in [-0.2, 0) is 9.53 Å². The standard InChI is InChI=1S/C15H21N3O4/c1-15(2,3)22-14(21)17-6-7-18(13(20)9-17)10-4-5-11(16)12(19)8-10/h4-5,8,19H,6-7,9,16H2,1-3H3. The Bertz CT molecular complexity index is 595. The van der Waals surface area contributed by atoms with Gasteiger partial charge in [0.25, 0.3) is 0 Å². The fourth-order valence-corrected chi connectivity index (χ4v) is 2.13. The van der Waals surface area contributed by atoms with E-state index < -0.39 is 11.7 Å². The lowest BCUT2D eigenvalue weighted by atomic mass is 10.2. The van der Waals surface area contributed by atoms with Crippen LogP contribution in [0.1, 0.15) is 20.8 Å². The number of hydrogen-bond acceptors (Lipinski definition) is 5. The fraction of sp³-hybridized carbons (Fsp3) is 0.467. The molecule has 1 aliphatic rings. The van der Waals surface area contributed by atoms with Gasteiger partial charge in [-0.05, 0) is 32.9 Å². The van der Waals surface area contributed by atoms with Gasteiger partial charge < -0.3 is 20.5 Å². The summed E-state index contributed by atoms with van der Waals surface area (Å²) in [5, 5.41) is 9.64. The zero-order chi connectivity index (χ0) is 16.5. The molecule has 1 heterocycles. The van der Waals surface area contributed by atoms with Crippen LogP contribution >= 0.6 is 0 Å². The normalized spacial score (nSPS) is 15.9. The van der Waals surface area contributed by atoms with Crippen LogP contribution in [0.2, 0.25) is 0 Å². The number of ether oxygens (including phenoxy) is 1. The summed E-state index contributed by atoms with van der Waals surface area (Å²) in [6.45, 7) is 5.98. The van der Waals surface area contributed by atoms with Crippen molar-refractivity contribution in [1.29, 1.82) is 0 Å². The summed E-state index contributed by atoms with van der Waals surface area (Å²) >= 11 is 0. The average Bonchev–Trinajstić information content (AvgIpc) is 2.40. The molecule has 1 saturated heterocycles. The van der Waals surface area contributed by atoms with Crippen molar-refractivity contribution in [1.82, 2.24) is 4.90 Å². The largest absolute Gasteiger partial charge is 0.506 e. The van der Waals surface area contributed by atoms with E-state index in [4.69, 9.17) is 10.5 Å². The molecule has 2 amide bonds. The summed E-state index contributed by atoms with van der Waals surface area (Å²) in [4.78, 5) is 27.1. The summed E-state index contributed by atoms with van der Waals surface area (Å²) in [6, 6.07) is 4.64. The highest BCUT2D eigenvalue weighted by Crippen LogP contribution is 2.27. The Morgan fingerprint density at radius 3 is 2.55 bits per heavy atom. The van der Waals surface area contributed by atoms with E-state index in [0.29, 0.717) is 18.8 Å². The molecule has 1 fully saturated rings. The number of phenols is 1. The van der Waals surface area contributed by atoms with Gasteiger partial charge >= 0.3 is 6.09 Å². The lowest BCUT2D eigenvalue weighted by Crippen LogP contribution is -2.53. The number of nitrogens with two attached hydrogens (primary N) is 1. The average molecular weight is 307 g/mol. The number of hydrogen-bond donors (Lipinski definition) is 2. The minimum Gasteiger partial charge on any atom is -0.506 e. The van der Waals surface area contributed by atoms with Crippen LogP contribution in [0, 0.1) is 0 Å². The molecule has 0 saturated carbocycles. The summed E-state index contributed by atoms with van der Waals surface area (Å²) in [6.07, 6.45) is -0.499. The summed E-state index contributed by atoms with van der Waals surface area (Å²) < 4.78 is 5.26. The fourth-order valence-electron chi connectivity index (χ4n) is 2.13. The number of phenolic OH excluding ortho intramolecular Hbond substituents is 1. The molecule has 0 atom stereocenters. The molecule has 0 aromatic heterocycles. The second-order valence-corrected chi connectivity index (χ2v) is 6.19. The number of carbonyl (C=O) groups excluding carboxylic acids is 2. The summed E-state index contributed by atoms with van der Waals surface area (Å²) in [5.74, 6) is -0.304. The van der Waals surface area contributed by atoms with E-state index in [9.17, 15) is 14.7 Å². The first-order chi connectivity index (χ1) is 10.2. The van der Waals surface area contributed by atoms with E-state index in [-0.39, 0.29) is 23.9 Å². The second-order valence-electron chi connectivity index (χ2n) is 6.19. The molecule has 2 rings (SSSR count). The maximum Gasteiger partial charge on any atom is 0.410 e. The first-order valence-electron chi connectivity index (χ1n) is 7.04. The molecular formula is C15H21N3O4. The quantitative estimate of drug-likeness (QED) is 0.606. The lowest BCUT2D eigenvalue weighted by Gasteiger charge is -2.35. The van der Waals surface area contributed by atoms with Gasteiger partial charge in [-0.2, -0.15) is 0 Å². The number of nitrogen functional groups attached to an aromatic ring is 1. The van der Waals surface area contributed by atoms with Crippen LogP contribution in [-0.4, -0.2) is 47.2 Å². The Hall–Kier alpha value is -2.44. The van der Waals surface area contributed by atoms with E-state index in [1.165, 1.54) is 21.9 Å². The molecule has 1 aromatic carbocycles. The van der Waals surface area contributed by atoms with Crippen LogP contribution in [0.5, 0.6) is 5.75 Å². The molecular weight excluding hydrogens is 286 g/mol. The molecule has 120 valence electrons. The molecule has 1 aliphatic heterocycles. The molecule has 7 heteroatoms. The van der Waals surface area contributed by atoms with Gasteiger partial charge in [0.15, 0.2) is 0 Å². The van der Waals surface area contributed by atoms with Gasteiger partial charge in [-0.3, -0.25) is 9.69 Å². The van der Waals surface area contributed by atoms with Crippen LogP contribution in [0.25, 0.3) is 0 Å². The van der Waals surface area contributed by atoms with Gasteiger partial charge in [-0.15, -0.1) is 0 Å². The van der Waals surface area contributed by atoms with Crippen molar-refractivity contribution in [2.75, 3.05) is 30.3 Å². The van der Waals surface area contributed by atoms with Crippen LogP contribution in [0.15, 0.2) is 18.2 Å². The van der Waals surface area contributed by atoms with Crippen molar-refractivity contribution in [3.63, 3.8) is 0 Å². The second kappa shape index (κ2) is 5.75. The minimum absolute atomic E-state index is 0.0555. The van der Waals surface area contributed by atoms with Gasteiger partial charge in [0.05, 0.1) is 5.69 Å². The van der Waals surface area contributed by atoms with E-state index in [1.807, 2.05) is 0 Å². The van der Waals surface area contributed by atoms with Gasteiger partial charge in [-0.25, -0.2) is 4.79 Å². The monoisotopic (exact) mass is 307 g/mol. The van der Waals surface area contributed by atoms with E-state index in [0.717, 1.165) is 0 Å². The van der Waals surface area contributed by atoms with Gasteiger partial charge in [0.2, 0.25) is 5.91 Å². The van der Waals surface area contributed by atoms with Crippen molar-refractivity contribution in [2.45, 2.75) is 26.4 Å². The summed E-state index contributed by atoms with van der Waals surface area (Å²) in [5.41, 5.74) is 5.76. The Kier molecular flexibility index (Phi) is 4.16. The molecule has 0 radical (unpaired) electrons. The number of carbonyl (C=O) groups is 2. The predicted molar refractivity (Wildman–Crippen MR) is 82.7 cm³/mol. The highest BCUT2D eigenvalue weighted by atomic mass is 16.6. The van der Waals surface area contributed by atoms with Crippen LogP contribution < -0.4 is 10.6 Å². The van der Waals surface area contributed by atoms with E-state index in [1.54, 1.807) is 26.8 Å². The van der Waals surface area contributed by atoms with Gasteiger partial charge in [-0.1, -0.05) is 0 Å². The smallest absolute Gasteiger partial charge is 0.410 e. The third-order valence-corrected chi connectivity index (χ3v) is 3.20. The number of piperazine rings is 1. The number of anilines is 2. The van der Waals surface area contributed by atoms with Crippen LogP contribution in [0.3, 0.4) is 0 Å². The maximum absolute atomic E-state index is 12.2. The highest BCUT2D eigenvalue weighted by molar-refractivity contribution is 5.97. The van der Waals surface area contributed by atoms with Crippen molar-refractivity contribution < 1.29 is 19.4 Å². The third kappa shape index (κ3) is 3.60. The Morgan fingerprint density at radius 1 is 1.32 bits per heavy atom. The Balaban J connectivity index is 2.05. The molecule has 0 spiro atoms. The zero-order valence-electron chi connectivity index (χ0n) is 13.0. The first-order valence-corrected chi connectivity index (χ1v) is 7.04. The number of amides is 2. The number of nitrogens with zero attached hydrogens (tertiary/aromatic N) is 2. The molecule has 22 heavy (non-hydrogen) atoms. The number of rotatable bonds is 1. The van der Waals surface area contributed by atoms with Gasteiger partial charge in [0.1, 0.15) is 17.9 Å². The molecule has 0 aliphatic carbocycles. The highest BCUT2D eigenvalue weighted by Gasteiger charge is 2.31. The molecule has 0 bridgehead atoms. The third-order valence-electron chi connectivity index (χ3n) is 3.20. The zero-order valence-corrected chi connectivity index (χ0v) is 13.0. The number of benzene rings is 1. The SMILES string of the molecule is CC(C)(C)OC(=O)N1CCN(c2ccc(N)c(O)c2)C(=O)C1. The Morgan fingerprint density at radius 2 is 2.00 bits per heavy atom. The maximum atomic E-state index is 12.2. The molecule has 7 nitrogen and oxygen atoms in total.